The number of nitrogens with zero attached hydrogens (tertiary/aromatic N) is 1. The van der Waals surface area contributed by atoms with Gasteiger partial charge >= 0.3 is 0 Å². The van der Waals surface area contributed by atoms with Crippen LogP contribution in [0.1, 0.15) is 5.56 Å². The fourth-order valence-electron chi connectivity index (χ4n) is 1.16. The lowest BCUT2D eigenvalue weighted by atomic mass is 10.2. The molecule has 0 saturated carbocycles. The second-order valence-electron chi connectivity index (χ2n) is 3.26. The van der Waals surface area contributed by atoms with Crippen molar-refractivity contribution in [3.63, 3.8) is 0 Å². The van der Waals surface area contributed by atoms with Crippen molar-refractivity contribution in [3.8, 4) is 11.6 Å². The zero-order valence-electron chi connectivity index (χ0n) is 8.53. The van der Waals surface area contributed by atoms with Crippen LogP contribution in [0.25, 0.3) is 0 Å². The van der Waals surface area contributed by atoms with E-state index in [1.165, 1.54) is 18.5 Å². The summed E-state index contributed by atoms with van der Waals surface area (Å²) in [6.07, 6.45) is 1.22. The lowest BCUT2D eigenvalue weighted by Crippen LogP contribution is -2.04. The molecule has 0 amide bonds. The third-order valence-electron chi connectivity index (χ3n) is 2.02. The van der Waals surface area contributed by atoms with Crippen molar-refractivity contribution in [1.29, 1.82) is 0 Å². The lowest BCUT2D eigenvalue weighted by molar-refractivity contribution is 0.455. The molecule has 0 radical (unpaired) electrons. The number of rotatable bonds is 2. The molecular formula is C11H9FN2O2. The van der Waals surface area contributed by atoms with Gasteiger partial charge in [-0.25, -0.2) is 9.37 Å². The largest absolute Gasteiger partial charge is 0.439 e. The maximum absolute atomic E-state index is 13.2. The fraction of sp³-hybridized carbons (Fsp3) is 0.0909. The summed E-state index contributed by atoms with van der Waals surface area (Å²) in [6, 6.07) is 5.65. The molecule has 0 unspecified atom stereocenters. The van der Waals surface area contributed by atoms with E-state index in [-0.39, 0.29) is 17.3 Å². The number of halogens is 1. The van der Waals surface area contributed by atoms with Gasteiger partial charge in [0.15, 0.2) is 0 Å². The first-order chi connectivity index (χ1) is 7.65. The molecule has 0 saturated heterocycles. The number of hydrogen-bond donors (Lipinski definition) is 1. The fourth-order valence-corrected chi connectivity index (χ4v) is 1.16. The van der Waals surface area contributed by atoms with Gasteiger partial charge in [0.1, 0.15) is 11.6 Å². The van der Waals surface area contributed by atoms with Crippen LogP contribution in [0.3, 0.4) is 0 Å². The van der Waals surface area contributed by atoms with Crippen molar-refractivity contribution >= 4 is 0 Å². The van der Waals surface area contributed by atoms with E-state index < -0.39 is 0 Å². The van der Waals surface area contributed by atoms with E-state index in [1.807, 2.05) is 0 Å². The Bertz CT molecular complexity index is 566. The van der Waals surface area contributed by atoms with Crippen LogP contribution in [0.5, 0.6) is 11.6 Å². The molecule has 2 aromatic rings. The summed E-state index contributed by atoms with van der Waals surface area (Å²) in [5, 5.41) is 0. The smallest absolute Gasteiger partial charge is 0.254 e. The standard InChI is InChI=1S/C11H9FN2O2/c1-7-2-3-8(4-9(7)12)16-11-5-10(15)13-6-14-11/h2-6H,1H3,(H,13,14,15). The molecule has 82 valence electrons. The normalized spacial score (nSPS) is 10.1. The lowest BCUT2D eigenvalue weighted by Gasteiger charge is -2.04. The van der Waals surface area contributed by atoms with E-state index in [0.29, 0.717) is 11.3 Å². The number of aromatic amines is 1. The topological polar surface area (TPSA) is 55.0 Å². The van der Waals surface area contributed by atoms with Gasteiger partial charge in [-0.05, 0) is 18.6 Å². The van der Waals surface area contributed by atoms with E-state index >= 15 is 0 Å². The highest BCUT2D eigenvalue weighted by Crippen LogP contribution is 2.20. The van der Waals surface area contributed by atoms with Crippen LogP contribution in [0, 0.1) is 12.7 Å². The number of aryl methyl sites for hydroxylation is 1. The van der Waals surface area contributed by atoms with E-state index in [1.54, 1.807) is 19.1 Å². The number of aromatic nitrogens is 2. The third kappa shape index (κ3) is 2.25. The van der Waals surface area contributed by atoms with Crippen molar-refractivity contribution in [2.24, 2.45) is 0 Å². The highest BCUT2D eigenvalue weighted by Gasteiger charge is 2.02. The van der Waals surface area contributed by atoms with Crippen LogP contribution in [-0.2, 0) is 0 Å². The van der Waals surface area contributed by atoms with E-state index in [2.05, 4.69) is 9.97 Å². The molecule has 1 aromatic heterocycles. The minimum atomic E-state index is -0.359. The number of nitrogens with one attached hydrogen (secondary N) is 1. The molecule has 0 fully saturated rings. The second-order valence-corrected chi connectivity index (χ2v) is 3.26. The average Bonchev–Trinajstić information content (AvgIpc) is 2.24. The Morgan fingerprint density at radius 2 is 2.19 bits per heavy atom. The number of benzene rings is 1. The van der Waals surface area contributed by atoms with Gasteiger partial charge in [-0.2, -0.15) is 0 Å². The molecule has 16 heavy (non-hydrogen) atoms. The highest BCUT2D eigenvalue weighted by atomic mass is 19.1. The van der Waals surface area contributed by atoms with Gasteiger partial charge in [0.25, 0.3) is 5.56 Å². The molecule has 2 rings (SSSR count). The minimum Gasteiger partial charge on any atom is -0.439 e. The van der Waals surface area contributed by atoms with Gasteiger partial charge < -0.3 is 9.72 Å². The van der Waals surface area contributed by atoms with Gasteiger partial charge in [0, 0.05) is 6.07 Å². The SMILES string of the molecule is Cc1ccc(Oc2cc(=O)[nH]cn2)cc1F. The van der Waals surface area contributed by atoms with Crippen LogP contribution in [0.2, 0.25) is 0 Å². The molecule has 0 aliphatic rings. The Morgan fingerprint density at radius 1 is 1.38 bits per heavy atom. The van der Waals surface area contributed by atoms with E-state index in [9.17, 15) is 9.18 Å². The van der Waals surface area contributed by atoms with Gasteiger partial charge in [-0.3, -0.25) is 4.79 Å². The van der Waals surface area contributed by atoms with Crippen molar-refractivity contribution in [2.45, 2.75) is 6.92 Å². The monoisotopic (exact) mass is 220 g/mol. The molecule has 1 aromatic carbocycles. The van der Waals surface area contributed by atoms with Gasteiger partial charge in [0.2, 0.25) is 5.88 Å². The first-order valence-corrected chi connectivity index (χ1v) is 4.64. The highest BCUT2D eigenvalue weighted by molar-refractivity contribution is 5.30. The summed E-state index contributed by atoms with van der Waals surface area (Å²) in [5.41, 5.74) is 0.212. The van der Waals surface area contributed by atoms with Crippen molar-refractivity contribution in [3.05, 3.63) is 52.3 Å². The molecule has 0 aliphatic heterocycles. The molecule has 1 N–H and O–H groups in total. The Hall–Kier alpha value is -2.17. The van der Waals surface area contributed by atoms with Crippen LogP contribution < -0.4 is 10.3 Å². The zero-order chi connectivity index (χ0) is 11.5. The predicted octanol–water partition coefficient (Wildman–Crippen LogP) is 2.01. The quantitative estimate of drug-likeness (QED) is 0.842. The van der Waals surface area contributed by atoms with Crippen molar-refractivity contribution < 1.29 is 9.13 Å². The summed E-state index contributed by atoms with van der Waals surface area (Å²) in [5.74, 6) is 0.0792. The molecule has 0 bridgehead atoms. The first kappa shape index (κ1) is 10.4. The number of H-pyrrole nitrogens is 1. The molecule has 0 atom stereocenters. The first-order valence-electron chi connectivity index (χ1n) is 4.64. The Labute approximate surface area is 90.7 Å². The summed E-state index contributed by atoms with van der Waals surface area (Å²) in [7, 11) is 0. The Balaban J connectivity index is 2.27. The number of hydrogen-bond acceptors (Lipinski definition) is 3. The van der Waals surface area contributed by atoms with Crippen molar-refractivity contribution in [1.82, 2.24) is 9.97 Å². The van der Waals surface area contributed by atoms with Crippen LogP contribution >= 0.6 is 0 Å². The molecule has 5 heteroatoms. The maximum atomic E-state index is 13.2. The second kappa shape index (κ2) is 4.14. The summed E-state index contributed by atoms with van der Waals surface area (Å²) >= 11 is 0. The summed E-state index contributed by atoms with van der Waals surface area (Å²) in [4.78, 5) is 17.1. The van der Waals surface area contributed by atoms with Crippen LogP contribution in [0.15, 0.2) is 35.4 Å². The predicted molar refractivity (Wildman–Crippen MR) is 56.1 cm³/mol. The van der Waals surface area contributed by atoms with Gasteiger partial charge in [0.05, 0.1) is 12.4 Å². The number of ether oxygens (including phenoxy) is 1. The van der Waals surface area contributed by atoms with E-state index in [0.717, 1.165) is 0 Å². The third-order valence-corrected chi connectivity index (χ3v) is 2.02. The summed E-state index contributed by atoms with van der Waals surface area (Å²) in [6.45, 7) is 1.66. The summed E-state index contributed by atoms with van der Waals surface area (Å²) < 4.78 is 18.4. The van der Waals surface area contributed by atoms with Crippen molar-refractivity contribution in [2.75, 3.05) is 0 Å². The molecule has 0 aliphatic carbocycles. The van der Waals surface area contributed by atoms with Crippen LogP contribution in [0.4, 0.5) is 4.39 Å². The molecule has 0 spiro atoms. The maximum Gasteiger partial charge on any atom is 0.254 e. The Kier molecular flexibility index (Phi) is 2.68. The molecule has 4 nitrogen and oxygen atoms in total. The average molecular weight is 220 g/mol. The van der Waals surface area contributed by atoms with Crippen LogP contribution in [-0.4, -0.2) is 9.97 Å². The minimum absolute atomic E-state index is 0.131. The zero-order valence-corrected chi connectivity index (χ0v) is 8.53. The van der Waals surface area contributed by atoms with E-state index in [4.69, 9.17) is 4.74 Å². The molecule has 1 heterocycles. The molecular weight excluding hydrogens is 211 g/mol. The van der Waals surface area contributed by atoms with Gasteiger partial charge in [-0.1, -0.05) is 6.07 Å². The Morgan fingerprint density at radius 3 is 2.88 bits per heavy atom. The van der Waals surface area contributed by atoms with Gasteiger partial charge in [-0.15, -0.1) is 0 Å².